The van der Waals surface area contributed by atoms with Crippen molar-refractivity contribution in [1.82, 2.24) is 4.68 Å². The minimum Gasteiger partial charge on any atom is -0.505 e. The van der Waals surface area contributed by atoms with Crippen molar-refractivity contribution in [2.75, 3.05) is 5.32 Å². The minimum absolute atomic E-state index is 0.0116. The van der Waals surface area contributed by atoms with Crippen LogP contribution in [-0.2, 0) is 10.0 Å². The zero-order valence-electron chi connectivity index (χ0n) is 15.7. The fraction of sp³-hybridized carbons (Fsp3) is 0.211. The van der Waals surface area contributed by atoms with Gasteiger partial charge in [-0.05, 0) is 36.9 Å². The van der Waals surface area contributed by atoms with E-state index in [0.717, 1.165) is 12.1 Å². The van der Waals surface area contributed by atoms with Crippen LogP contribution in [0.15, 0.2) is 54.9 Å². The summed E-state index contributed by atoms with van der Waals surface area (Å²) in [7, 11) is -4.02. The maximum absolute atomic E-state index is 13.2. The van der Waals surface area contributed by atoms with Crippen molar-refractivity contribution in [2.45, 2.75) is 31.6 Å². The Morgan fingerprint density at radius 3 is 2.83 bits per heavy atom. The Hall–Kier alpha value is -2.98. The molecule has 3 heterocycles. The van der Waals surface area contributed by atoms with Gasteiger partial charge in [-0.3, -0.25) is 4.79 Å². The second-order valence-electron chi connectivity index (χ2n) is 6.60. The van der Waals surface area contributed by atoms with Crippen molar-refractivity contribution in [1.29, 1.82) is 0 Å². The average Bonchev–Trinajstić information content (AvgIpc) is 3.15. The largest absolute Gasteiger partial charge is 0.505 e. The molecule has 8 nitrogen and oxygen atoms in total. The number of anilines is 1. The molecule has 0 aliphatic carbocycles. The second kappa shape index (κ2) is 7.12. The van der Waals surface area contributed by atoms with Gasteiger partial charge in [-0.1, -0.05) is 25.5 Å². The Balaban J connectivity index is 2.00. The molecular weight excluding hydrogens is 412 g/mol. The Bertz CT molecular complexity index is 1350. The fourth-order valence-electron chi connectivity index (χ4n) is 3.19. The first-order valence-electron chi connectivity index (χ1n) is 8.94. The molecule has 0 amide bonds. The average molecular weight is 431 g/mol. The van der Waals surface area contributed by atoms with Crippen molar-refractivity contribution in [3.05, 3.63) is 51.6 Å². The SMILES string of the molecule is CCCC(C)=Nn1c(=O)c(C2=NS(=O)(=O)c3ccccc3N2)c(O)c2sccc21. The number of hydrogen-bond acceptors (Lipinski definition) is 7. The van der Waals surface area contributed by atoms with Gasteiger partial charge in [-0.25, -0.2) is 0 Å². The predicted molar refractivity (Wildman–Crippen MR) is 115 cm³/mol. The highest BCUT2D eigenvalue weighted by Gasteiger charge is 2.30. The molecule has 1 aromatic carbocycles. The van der Waals surface area contributed by atoms with Crippen molar-refractivity contribution in [3.8, 4) is 5.75 Å². The Labute approximate surface area is 170 Å². The van der Waals surface area contributed by atoms with E-state index in [-0.39, 0.29) is 22.0 Å². The Morgan fingerprint density at radius 2 is 2.07 bits per heavy atom. The maximum Gasteiger partial charge on any atom is 0.286 e. The Kier molecular flexibility index (Phi) is 4.75. The number of nitrogens with one attached hydrogen (secondary N) is 1. The summed E-state index contributed by atoms with van der Waals surface area (Å²) in [6.45, 7) is 3.82. The highest BCUT2D eigenvalue weighted by atomic mass is 32.2. The molecule has 0 radical (unpaired) electrons. The molecule has 0 atom stereocenters. The quantitative estimate of drug-likeness (QED) is 0.616. The van der Waals surface area contributed by atoms with Crippen LogP contribution in [0.3, 0.4) is 0 Å². The molecule has 0 bridgehead atoms. The first-order chi connectivity index (χ1) is 13.8. The van der Waals surface area contributed by atoms with E-state index in [2.05, 4.69) is 14.8 Å². The van der Waals surface area contributed by atoms with Gasteiger partial charge in [0.1, 0.15) is 10.5 Å². The van der Waals surface area contributed by atoms with Crippen LogP contribution in [-0.4, -0.2) is 29.7 Å². The standard InChI is InChI=1S/C19H18N4O4S2/c1-3-6-11(2)21-23-13-9-10-28-17(13)16(24)15(19(23)25)18-20-12-7-4-5-8-14(12)29(26,27)22-18/h4-5,7-10,24H,3,6H2,1-2H3,(H,20,22). The number of fused-ring (bicyclic) bond motifs is 2. The van der Waals surface area contributed by atoms with Gasteiger partial charge in [-0.2, -0.15) is 18.2 Å². The molecule has 29 heavy (non-hydrogen) atoms. The maximum atomic E-state index is 13.2. The first kappa shape index (κ1) is 19.3. The van der Waals surface area contributed by atoms with Crippen LogP contribution in [0.25, 0.3) is 10.2 Å². The number of nitrogens with zero attached hydrogens (tertiary/aromatic N) is 3. The van der Waals surface area contributed by atoms with E-state index in [9.17, 15) is 18.3 Å². The van der Waals surface area contributed by atoms with Crippen molar-refractivity contribution < 1.29 is 13.5 Å². The summed E-state index contributed by atoms with van der Waals surface area (Å²) >= 11 is 1.23. The molecule has 4 rings (SSSR count). The second-order valence-corrected chi connectivity index (χ2v) is 9.09. The fourth-order valence-corrected chi connectivity index (χ4v) is 5.14. The molecule has 0 saturated carbocycles. The molecule has 0 spiro atoms. The summed E-state index contributed by atoms with van der Waals surface area (Å²) in [4.78, 5) is 13.3. The third-order valence-corrected chi connectivity index (χ3v) is 6.72. The molecule has 0 unspecified atom stereocenters. The van der Waals surface area contributed by atoms with Gasteiger partial charge >= 0.3 is 0 Å². The molecule has 0 saturated heterocycles. The van der Waals surface area contributed by atoms with Gasteiger partial charge in [0, 0.05) is 5.71 Å². The third kappa shape index (κ3) is 3.23. The van der Waals surface area contributed by atoms with Gasteiger partial charge in [-0.15, -0.1) is 15.7 Å². The van der Waals surface area contributed by atoms with Crippen LogP contribution < -0.4 is 10.9 Å². The number of amidine groups is 1. The van der Waals surface area contributed by atoms with Gasteiger partial charge in [0.2, 0.25) is 0 Å². The van der Waals surface area contributed by atoms with E-state index in [0.29, 0.717) is 22.3 Å². The number of aromatic nitrogens is 1. The van der Waals surface area contributed by atoms with Gasteiger partial charge in [0.15, 0.2) is 11.6 Å². The summed E-state index contributed by atoms with van der Waals surface area (Å²) in [6, 6.07) is 7.95. The van der Waals surface area contributed by atoms with Gasteiger partial charge in [0.25, 0.3) is 15.6 Å². The van der Waals surface area contributed by atoms with Crippen LogP contribution in [0.5, 0.6) is 5.75 Å². The zero-order valence-corrected chi connectivity index (χ0v) is 17.3. The van der Waals surface area contributed by atoms with E-state index in [1.165, 1.54) is 22.1 Å². The van der Waals surface area contributed by atoms with Crippen LogP contribution in [0.1, 0.15) is 32.3 Å². The van der Waals surface area contributed by atoms with E-state index in [1.807, 2.05) is 13.8 Å². The number of benzene rings is 1. The number of sulfonamides is 1. The highest BCUT2D eigenvalue weighted by molar-refractivity contribution is 7.90. The molecule has 0 fully saturated rings. The van der Waals surface area contributed by atoms with E-state index in [4.69, 9.17) is 0 Å². The van der Waals surface area contributed by atoms with Crippen molar-refractivity contribution in [3.63, 3.8) is 0 Å². The smallest absolute Gasteiger partial charge is 0.286 e. The van der Waals surface area contributed by atoms with Gasteiger partial charge in [0.05, 0.1) is 15.9 Å². The van der Waals surface area contributed by atoms with E-state index in [1.54, 1.807) is 29.6 Å². The van der Waals surface area contributed by atoms with Crippen molar-refractivity contribution >= 4 is 48.8 Å². The topological polar surface area (TPSA) is 113 Å². The molecule has 2 aromatic heterocycles. The molecule has 1 aliphatic heterocycles. The summed E-state index contributed by atoms with van der Waals surface area (Å²) in [5.74, 6) is -0.543. The molecule has 10 heteroatoms. The van der Waals surface area contributed by atoms with Gasteiger partial charge < -0.3 is 10.4 Å². The summed E-state index contributed by atoms with van der Waals surface area (Å²) in [5.41, 5.74) is 0.613. The molecular formula is C19H18N4O4S2. The zero-order chi connectivity index (χ0) is 20.8. The number of aromatic hydroxyl groups is 1. The summed E-state index contributed by atoms with van der Waals surface area (Å²) < 4.78 is 30.6. The third-order valence-electron chi connectivity index (χ3n) is 4.48. The number of thiophene rings is 1. The number of pyridine rings is 1. The molecule has 3 aromatic rings. The number of para-hydroxylation sites is 1. The molecule has 1 aliphatic rings. The van der Waals surface area contributed by atoms with Crippen LogP contribution >= 0.6 is 11.3 Å². The lowest BCUT2D eigenvalue weighted by Crippen LogP contribution is -2.31. The van der Waals surface area contributed by atoms with Crippen molar-refractivity contribution in [2.24, 2.45) is 9.50 Å². The lowest BCUT2D eigenvalue weighted by molar-refractivity contribution is 0.479. The van der Waals surface area contributed by atoms with E-state index < -0.39 is 15.6 Å². The minimum atomic E-state index is -4.02. The predicted octanol–water partition coefficient (Wildman–Crippen LogP) is 3.35. The van der Waals surface area contributed by atoms with Crippen LogP contribution in [0.2, 0.25) is 0 Å². The molecule has 2 N–H and O–H groups in total. The lowest BCUT2D eigenvalue weighted by Gasteiger charge is -2.19. The number of hydrogen-bond donors (Lipinski definition) is 2. The lowest BCUT2D eigenvalue weighted by atomic mass is 10.2. The van der Waals surface area contributed by atoms with Crippen LogP contribution in [0, 0.1) is 0 Å². The highest BCUT2D eigenvalue weighted by Crippen LogP contribution is 2.34. The van der Waals surface area contributed by atoms with E-state index >= 15 is 0 Å². The number of rotatable bonds is 4. The molecule has 150 valence electrons. The normalized spacial score (nSPS) is 15.7. The van der Waals surface area contributed by atoms with Crippen LogP contribution in [0.4, 0.5) is 5.69 Å². The summed E-state index contributed by atoms with van der Waals surface area (Å²) in [5, 5.41) is 19.8. The Morgan fingerprint density at radius 1 is 1.31 bits per heavy atom. The first-order valence-corrected chi connectivity index (χ1v) is 11.3. The summed E-state index contributed by atoms with van der Waals surface area (Å²) in [6.07, 6.45) is 1.57. The monoisotopic (exact) mass is 430 g/mol.